The molecule has 2 aliphatic carbocycles. The molecule has 2 fully saturated rings. The normalized spacial score (nSPS) is 46.6. The Hall–Kier alpha value is -0.0800. The van der Waals surface area contributed by atoms with Gasteiger partial charge in [0.25, 0.3) is 0 Å². The molecule has 3 atom stereocenters. The van der Waals surface area contributed by atoms with Crippen LogP contribution in [0.2, 0.25) is 0 Å². The lowest BCUT2D eigenvalue weighted by Crippen LogP contribution is -2.70. The van der Waals surface area contributed by atoms with Gasteiger partial charge >= 0.3 is 0 Å². The van der Waals surface area contributed by atoms with Crippen LogP contribution in [0.1, 0.15) is 26.2 Å². The summed E-state index contributed by atoms with van der Waals surface area (Å²) in [5.41, 5.74) is 6.45. The molecule has 64 valence electrons. The first-order valence-electron chi connectivity index (χ1n) is 4.51. The Balaban J connectivity index is 2.09. The van der Waals surface area contributed by atoms with Crippen LogP contribution in [0.5, 0.6) is 0 Å². The standard InChI is InChI=1S/C9H17NO/c1-6-7(10)9(4-3-5-9)8(6)11-2/h6-8H,3-5,10H2,1-2H3/t6-,7-,8+/m0/s1. The lowest BCUT2D eigenvalue weighted by Gasteiger charge is -2.63. The second-order valence-corrected chi connectivity index (χ2v) is 4.13. The van der Waals surface area contributed by atoms with Crippen molar-refractivity contribution in [3.63, 3.8) is 0 Å². The molecule has 0 aliphatic heterocycles. The van der Waals surface area contributed by atoms with E-state index in [-0.39, 0.29) is 0 Å². The first kappa shape index (κ1) is 7.56. The summed E-state index contributed by atoms with van der Waals surface area (Å²) in [4.78, 5) is 0. The van der Waals surface area contributed by atoms with Crippen LogP contribution in [0.3, 0.4) is 0 Å². The van der Waals surface area contributed by atoms with E-state index in [1.807, 2.05) is 7.11 Å². The molecule has 11 heavy (non-hydrogen) atoms. The van der Waals surface area contributed by atoms with E-state index in [1.54, 1.807) is 0 Å². The quantitative estimate of drug-likeness (QED) is 0.616. The summed E-state index contributed by atoms with van der Waals surface area (Å²) in [6, 6.07) is 0.404. The van der Waals surface area contributed by atoms with Crippen LogP contribution in [0.4, 0.5) is 0 Å². The Bertz CT molecular complexity index is 165. The lowest BCUT2D eigenvalue weighted by molar-refractivity contribution is -0.191. The van der Waals surface area contributed by atoms with Gasteiger partial charge < -0.3 is 10.5 Å². The first-order valence-corrected chi connectivity index (χ1v) is 4.51. The van der Waals surface area contributed by atoms with Crippen molar-refractivity contribution in [2.24, 2.45) is 17.1 Å². The fourth-order valence-corrected chi connectivity index (χ4v) is 2.96. The van der Waals surface area contributed by atoms with Crippen molar-refractivity contribution in [1.29, 1.82) is 0 Å². The number of methoxy groups -OCH3 is 1. The largest absolute Gasteiger partial charge is 0.380 e. The molecule has 0 heterocycles. The van der Waals surface area contributed by atoms with Gasteiger partial charge in [0.15, 0.2) is 0 Å². The molecule has 2 aliphatic rings. The Morgan fingerprint density at radius 1 is 1.45 bits per heavy atom. The Labute approximate surface area is 68.1 Å². The molecular formula is C9H17NO. The van der Waals surface area contributed by atoms with Crippen molar-refractivity contribution < 1.29 is 4.74 Å². The predicted molar refractivity (Wildman–Crippen MR) is 44.2 cm³/mol. The highest BCUT2D eigenvalue weighted by atomic mass is 16.5. The van der Waals surface area contributed by atoms with Crippen LogP contribution < -0.4 is 5.73 Å². The number of ether oxygens (including phenoxy) is 1. The molecule has 2 saturated carbocycles. The van der Waals surface area contributed by atoms with Gasteiger partial charge in [-0.05, 0) is 18.8 Å². The topological polar surface area (TPSA) is 35.2 Å². The summed E-state index contributed by atoms with van der Waals surface area (Å²) in [5, 5.41) is 0. The third-order valence-corrected chi connectivity index (χ3v) is 3.81. The molecular weight excluding hydrogens is 138 g/mol. The number of hydrogen-bond acceptors (Lipinski definition) is 2. The van der Waals surface area contributed by atoms with E-state index in [9.17, 15) is 0 Å². The van der Waals surface area contributed by atoms with Gasteiger partial charge in [-0.25, -0.2) is 0 Å². The highest BCUT2D eigenvalue weighted by molar-refractivity contribution is 5.14. The van der Waals surface area contributed by atoms with Crippen molar-refractivity contribution in [3.8, 4) is 0 Å². The summed E-state index contributed by atoms with van der Waals surface area (Å²) in [7, 11) is 1.81. The molecule has 0 aromatic rings. The van der Waals surface area contributed by atoms with Gasteiger partial charge in [0.05, 0.1) is 6.10 Å². The van der Waals surface area contributed by atoms with Crippen molar-refractivity contribution in [3.05, 3.63) is 0 Å². The Morgan fingerprint density at radius 2 is 2.09 bits per heavy atom. The zero-order chi connectivity index (χ0) is 8.06. The molecule has 2 heteroatoms. The van der Waals surface area contributed by atoms with Crippen LogP contribution in [0.25, 0.3) is 0 Å². The van der Waals surface area contributed by atoms with Crippen molar-refractivity contribution in [2.45, 2.75) is 38.3 Å². The summed E-state index contributed by atoms with van der Waals surface area (Å²) in [6.07, 6.45) is 4.38. The van der Waals surface area contributed by atoms with E-state index in [1.165, 1.54) is 19.3 Å². The summed E-state index contributed by atoms with van der Waals surface area (Å²) >= 11 is 0. The predicted octanol–water partition coefficient (Wildman–Crippen LogP) is 1.15. The first-order chi connectivity index (χ1) is 5.22. The average molecular weight is 155 g/mol. The smallest absolute Gasteiger partial charge is 0.0682 e. The maximum absolute atomic E-state index is 6.05. The summed E-state index contributed by atoms with van der Waals surface area (Å²) in [5.74, 6) is 0.570. The Kier molecular flexibility index (Phi) is 1.52. The van der Waals surface area contributed by atoms with Crippen LogP contribution in [-0.4, -0.2) is 19.3 Å². The van der Waals surface area contributed by atoms with Gasteiger partial charge in [-0.3, -0.25) is 0 Å². The van der Waals surface area contributed by atoms with Gasteiger partial charge in [-0.1, -0.05) is 13.3 Å². The van der Waals surface area contributed by atoms with Crippen LogP contribution in [0.15, 0.2) is 0 Å². The molecule has 0 radical (unpaired) electrons. The van der Waals surface area contributed by atoms with Crippen LogP contribution >= 0.6 is 0 Å². The third kappa shape index (κ3) is 0.695. The fourth-order valence-electron chi connectivity index (χ4n) is 2.96. The maximum Gasteiger partial charge on any atom is 0.0682 e. The third-order valence-electron chi connectivity index (χ3n) is 3.81. The van der Waals surface area contributed by atoms with Gasteiger partial charge in [0.1, 0.15) is 0 Å². The average Bonchev–Trinajstić information content (AvgIpc) is 1.93. The molecule has 0 unspecified atom stereocenters. The van der Waals surface area contributed by atoms with E-state index < -0.39 is 0 Å². The Morgan fingerprint density at radius 3 is 2.36 bits per heavy atom. The van der Waals surface area contributed by atoms with Crippen LogP contribution in [-0.2, 0) is 4.74 Å². The molecule has 2 N–H and O–H groups in total. The van der Waals surface area contributed by atoms with Gasteiger partial charge in [-0.2, -0.15) is 0 Å². The SMILES string of the molecule is CO[C@@H]1[C@@H](C)[C@H](N)C12CCC2. The minimum Gasteiger partial charge on any atom is -0.380 e. The molecule has 2 rings (SSSR count). The van der Waals surface area contributed by atoms with E-state index in [4.69, 9.17) is 10.5 Å². The fraction of sp³-hybridized carbons (Fsp3) is 1.00. The molecule has 1 spiro atoms. The molecule has 2 nitrogen and oxygen atoms in total. The van der Waals surface area contributed by atoms with Crippen molar-refractivity contribution in [2.75, 3.05) is 7.11 Å². The second-order valence-electron chi connectivity index (χ2n) is 4.13. The summed E-state index contributed by atoms with van der Waals surface area (Å²) < 4.78 is 5.45. The van der Waals surface area contributed by atoms with E-state index in [0.717, 1.165) is 0 Å². The van der Waals surface area contributed by atoms with E-state index in [0.29, 0.717) is 23.5 Å². The molecule has 0 aromatic heterocycles. The molecule has 0 aromatic carbocycles. The van der Waals surface area contributed by atoms with Crippen molar-refractivity contribution >= 4 is 0 Å². The lowest BCUT2D eigenvalue weighted by atomic mass is 9.47. The highest BCUT2D eigenvalue weighted by Gasteiger charge is 2.61. The maximum atomic E-state index is 6.05. The number of hydrogen-bond donors (Lipinski definition) is 1. The molecule has 0 bridgehead atoms. The zero-order valence-electron chi connectivity index (χ0n) is 7.34. The second kappa shape index (κ2) is 2.20. The van der Waals surface area contributed by atoms with E-state index in [2.05, 4.69) is 6.92 Å². The number of nitrogens with two attached hydrogens (primary N) is 1. The van der Waals surface area contributed by atoms with Crippen LogP contribution in [0, 0.1) is 11.3 Å². The van der Waals surface area contributed by atoms with Gasteiger partial charge in [-0.15, -0.1) is 0 Å². The van der Waals surface area contributed by atoms with Gasteiger partial charge in [0.2, 0.25) is 0 Å². The minimum absolute atomic E-state index is 0.397. The summed E-state index contributed by atoms with van der Waals surface area (Å²) in [6.45, 7) is 2.20. The minimum atomic E-state index is 0.397. The number of rotatable bonds is 1. The van der Waals surface area contributed by atoms with E-state index >= 15 is 0 Å². The van der Waals surface area contributed by atoms with Crippen molar-refractivity contribution in [1.82, 2.24) is 0 Å². The highest BCUT2D eigenvalue weighted by Crippen LogP contribution is 2.58. The van der Waals surface area contributed by atoms with Gasteiger partial charge in [0, 0.05) is 18.6 Å². The monoisotopic (exact) mass is 155 g/mol. The zero-order valence-corrected chi connectivity index (χ0v) is 7.34. The molecule has 0 amide bonds. The molecule has 0 saturated heterocycles.